The Bertz CT molecular complexity index is 372. The average Bonchev–Trinajstić information content (AvgIpc) is 2.84. The van der Waals surface area contributed by atoms with Crippen LogP contribution in [0.15, 0.2) is 0 Å². The van der Waals surface area contributed by atoms with Crippen LogP contribution in [0, 0.1) is 0 Å². The number of rotatable bonds is 2. The van der Waals surface area contributed by atoms with Crippen LogP contribution >= 0.6 is 0 Å². The van der Waals surface area contributed by atoms with Gasteiger partial charge in [0.15, 0.2) is 0 Å². The zero-order chi connectivity index (χ0) is 10.4. The molecule has 4 heteroatoms. The number of nitrogens with zero attached hydrogens (tertiary/aromatic N) is 2. The van der Waals surface area contributed by atoms with E-state index in [-0.39, 0.29) is 0 Å². The molecule has 2 aliphatic rings. The standard InChI is InChI=1S/C11H18N4/c12-10-9(7-3-1-2-4-7)14-11(15(10)13)8-5-6-8/h7-8H,1-6,12-13H2. The van der Waals surface area contributed by atoms with Crippen molar-refractivity contribution < 1.29 is 0 Å². The second kappa shape index (κ2) is 3.15. The number of anilines is 1. The molecule has 2 aliphatic carbocycles. The summed E-state index contributed by atoms with van der Waals surface area (Å²) in [6, 6.07) is 0. The average molecular weight is 206 g/mol. The van der Waals surface area contributed by atoms with Crippen molar-refractivity contribution in [2.24, 2.45) is 0 Å². The topological polar surface area (TPSA) is 69.9 Å². The minimum absolute atomic E-state index is 0.562. The third kappa shape index (κ3) is 1.39. The van der Waals surface area contributed by atoms with E-state index in [0.717, 1.165) is 11.5 Å². The Balaban J connectivity index is 1.96. The lowest BCUT2D eigenvalue weighted by Crippen LogP contribution is -2.15. The molecule has 4 N–H and O–H groups in total. The third-order valence-electron chi connectivity index (χ3n) is 3.69. The molecule has 2 saturated carbocycles. The van der Waals surface area contributed by atoms with Crippen LogP contribution in [0.2, 0.25) is 0 Å². The molecule has 3 rings (SSSR count). The summed E-state index contributed by atoms with van der Waals surface area (Å²) in [5.41, 5.74) is 7.09. The number of aromatic nitrogens is 2. The van der Waals surface area contributed by atoms with Gasteiger partial charge >= 0.3 is 0 Å². The summed E-state index contributed by atoms with van der Waals surface area (Å²) < 4.78 is 1.62. The molecule has 1 aromatic heterocycles. The lowest BCUT2D eigenvalue weighted by molar-refractivity contribution is 0.701. The Morgan fingerprint density at radius 2 is 1.73 bits per heavy atom. The summed E-state index contributed by atoms with van der Waals surface area (Å²) in [4.78, 5) is 4.67. The van der Waals surface area contributed by atoms with Gasteiger partial charge < -0.3 is 11.6 Å². The van der Waals surface area contributed by atoms with Gasteiger partial charge in [0.25, 0.3) is 0 Å². The fourth-order valence-corrected chi connectivity index (χ4v) is 2.61. The van der Waals surface area contributed by atoms with Crippen molar-refractivity contribution in [3.63, 3.8) is 0 Å². The van der Waals surface area contributed by atoms with Gasteiger partial charge in [-0.25, -0.2) is 9.66 Å². The van der Waals surface area contributed by atoms with Gasteiger partial charge in [0.05, 0.1) is 5.69 Å². The van der Waals surface area contributed by atoms with E-state index in [4.69, 9.17) is 11.6 Å². The predicted octanol–water partition coefficient (Wildman–Crippen LogP) is 1.71. The first-order valence-corrected chi connectivity index (χ1v) is 5.90. The summed E-state index contributed by atoms with van der Waals surface area (Å²) in [6.07, 6.45) is 7.51. The summed E-state index contributed by atoms with van der Waals surface area (Å²) in [6.45, 7) is 0. The fraction of sp³-hybridized carbons (Fsp3) is 0.727. The van der Waals surface area contributed by atoms with Crippen LogP contribution in [0.5, 0.6) is 0 Å². The van der Waals surface area contributed by atoms with Crippen molar-refractivity contribution in [1.29, 1.82) is 0 Å². The van der Waals surface area contributed by atoms with Crippen LogP contribution < -0.4 is 11.6 Å². The van der Waals surface area contributed by atoms with Crippen molar-refractivity contribution in [3.8, 4) is 0 Å². The van der Waals surface area contributed by atoms with Gasteiger partial charge in [0, 0.05) is 11.8 Å². The molecule has 15 heavy (non-hydrogen) atoms. The lowest BCUT2D eigenvalue weighted by atomic mass is 10.0. The van der Waals surface area contributed by atoms with E-state index >= 15 is 0 Å². The first kappa shape index (κ1) is 9.07. The summed E-state index contributed by atoms with van der Waals surface area (Å²) in [7, 11) is 0. The highest BCUT2D eigenvalue weighted by atomic mass is 15.4. The Kier molecular flexibility index (Phi) is 1.90. The van der Waals surface area contributed by atoms with Crippen LogP contribution in [0.25, 0.3) is 0 Å². The molecule has 0 radical (unpaired) electrons. The van der Waals surface area contributed by atoms with Crippen molar-refractivity contribution in [2.75, 3.05) is 11.6 Å². The van der Waals surface area contributed by atoms with Crippen LogP contribution in [-0.4, -0.2) is 9.66 Å². The van der Waals surface area contributed by atoms with Gasteiger partial charge in [-0.2, -0.15) is 0 Å². The molecule has 0 atom stereocenters. The molecular formula is C11H18N4. The first-order chi connectivity index (χ1) is 7.27. The van der Waals surface area contributed by atoms with Crippen molar-refractivity contribution in [2.45, 2.75) is 50.4 Å². The molecular weight excluding hydrogens is 188 g/mol. The van der Waals surface area contributed by atoms with Crippen LogP contribution in [0.1, 0.15) is 61.9 Å². The summed E-state index contributed by atoms with van der Waals surface area (Å²) in [5, 5.41) is 0. The maximum atomic E-state index is 6.02. The number of hydrogen-bond acceptors (Lipinski definition) is 3. The van der Waals surface area contributed by atoms with Crippen LogP contribution in [-0.2, 0) is 0 Å². The molecule has 1 heterocycles. The molecule has 82 valence electrons. The molecule has 0 amide bonds. The second-order valence-electron chi connectivity index (χ2n) is 4.87. The van der Waals surface area contributed by atoms with E-state index in [1.807, 2.05) is 0 Å². The first-order valence-electron chi connectivity index (χ1n) is 5.90. The Morgan fingerprint density at radius 3 is 2.33 bits per heavy atom. The Morgan fingerprint density at radius 1 is 1.07 bits per heavy atom. The minimum Gasteiger partial charge on any atom is -0.382 e. The Hall–Kier alpha value is -1.19. The van der Waals surface area contributed by atoms with Crippen molar-refractivity contribution in [3.05, 3.63) is 11.5 Å². The molecule has 0 spiro atoms. The number of nitrogens with two attached hydrogens (primary N) is 2. The van der Waals surface area contributed by atoms with Gasteiger partial charge in [-0.3, -0.25) is 0 Å². The fourth-order valence-electron chi connectivity index (χ4n) is 2.61. The zero-order valence-corrected chi connectivity index (χ0v) is 8.95. The number of hydrogen-bond donors (Lipinski definition) is 2. The summed E-state index contributed by atoms with van der Waals surface area (Å²) in [5.74, 6) is 8.79. The van der Waals surface area contributed by atoms with Crippen molar-refractivity contribution in [1.82, 2.24) is 9.66 Å². The molecule has 0 aromatic carbocycles. The molecule has 0 unspecified atom stereocenters. The quantitative estimate of drug-likeness (QED) is 0.724. The maximum Gasteiger partial charge on any atom is 0.146 e. The largest absolute Gasteiger partial charge is 0.382 e. The van der Waals surface area contributed by atoms with Gasteiger partial charge in [-0.1, -0.05) is 12.8 Å². The predicted molar refractivity (Wildman–Crippen MR) is 60.0 cm³/mol. The molecule has 4 nitrogen and oxygen atoms in total. The smallest absolute Gasteiger partial charge is 0.146 e. The monoisotopic (exact) mass is 206 g/mol. The molecule has 0 aliphatic heterocycles. The number of imidazole rings is 1. The molecule has 1 aromatic rings. The van der Waals surface area contributed by atoms with E-state index in [9.17, 15) is 0 Å². The normalized spacial score (nSPS) is 22.4. The van der Waals surface area contributed by atoms with Crippen LogP contribution in [0.4, 0.5) is 5.82 Å². The van der Waals surface area contributed by atoms with Gasteiger partial charge in [-0.05, 0) is 25.7 Å². The summed E-state index contributed by atoms with van der Waals surface area (Å²) >= 11 is 0. The van der Waals surface area contributed by atoms with E-state index in [2.05, 4.69) is 4.98 Å². The van der Waals surface area contributed by atoms with Crippen LogP contribution in [0.3, 0.4) is 0 Å². The van der Waals surface area contributed by atoms with Gasteiger partial charge in [0.1, 0.15) is 11.6 Å². The minimum atomic E-state index is 0.562. The molecule has 2 fully saturated rings. The van der Waals surface area contributed by atoms with E-state index in [1.165, 1.54) is 38.5 Å². The van der Waals surface area contributed by atoms with Gasteiger partial charge in [-0.15, -0.1) is 0 Å². The van der Waals surface area contributed by atoms with E-state index in [1.54, 1.807) is 4.68 Å². The second-order valence-corrected chi connectivity index (χ2v) is 4.87. The Labute approximate surface area is 89.6 Å². The van der Waals surface area contributed by atoms with E-state index < -0.39 is 0 Å². The zero-order valence-electron chi connectivity index (χ0n) is 8.95. The highest BCUT2D eigenvalue weighted by Crippen LogP contribution is 2.42. The SMILES string of the molecule is Nc1c(C2CCCC2)nc(C2CC2)n1N. The van der Waals surface area contributed by atoms with Crippen molar-refractivity contribution >= 4 is 5.82 Å². The lowest BCUT2D eigenvalue weighted by Gasteiger charge is -2.06. The third-order valence-corrected chi connectivity index (χ3v) is 3.69. The molecule has 0 bridgehead atoms. The number of nitrogen functional groups attached to an aromatic ring is 2. The highest BCUT2D eigenvalue weighted by molar-refractivity contribution is 5.42. The molecule has 0 saturated heterocycles. The highest BCUT2D eigenvalue weighted by Gasteiger charge is 2.32. The van der Waals surface area contributed by atoms with E-state index in [0.29, 0.717) is 17.7 Å². The van der Waals surface area contributed by atoms with Gasteiger partial charge in [0.2, 0.25) is 0 Å². The maximum absolute atomic E-state index is 6.02.